The first-order chi connectivity index (χ1) is 6.60. The van der Waals surface area contributed by atoms with Crippen molar-refractivity contribution in [2.75, 3.05) is 26.7 Å². The summed E-state index contributed by atoms with van der Waals surface area (Å²) in [4.78, 5) is 23.1. The molecule has 0 saturated heterocycles. The maximum Gasteiger partial charge on any atom is 0.317 e. The highest BCUT2D eigenvalue weighted by Gasteiger charge is 2.07. The maximum atomic E-state index is 10.9. The van der Waals surface area contributed by atoms with Crippen LogP contribution in [-0.2, 0) is 9.59 Å². The molecular weight excluding hydrogens is 184 g/mol. The fourth-order valence-electron chi connectivity index (χ4n) is 1.13. The average Bonchev–Trinajstić information content (AvgIpc) is 2.15. The predicted molar refractivity (Wildman–Crippen MR) is 53.1 cm³/mol. The SMILES string of the molecule is CCN(CCCC(=O)NC)CC(=O)O. The zero-order valence-electron chi connectivity index (χ0n) is 8.75. The second-order valence-electron chi connectivity index (χ2n) is 3.04. The molecule has 0 aromatic heterocycles. The lowest BCUT2D eigenvalue weighted by Crippen LogP contribution is -2.31. The topological polar surface area (TPSA) is 69.6 Å². The van der Waals surface area contributed by atoms with Crippen molar-refractivity contribution >= 4 is 11.9 Å². The molecule has 0 aliphatic heterocycles. The standard InChI is InChI=1S/C9H18N2O3/c1-3-11(7-9(13)14)6-4-5-8(12)10-2/h3-7H2,1-2H3,(H,10,12)(H,13,14). The molecule has 0 heterocycles. The minimum Gasteiger partial charge on any atom is -0.480 e. The smallest absolute Gasteiger partial charge is 0.317 e. The highest BCUT2D eigenvalue weighted by atomic mass is 16.4. The van der Waals surface area contributed by atoms with Gasteiger partial charge in [0.05, 0.1) is 6.54 Å². The number of carboxylic acid groups (broad SMARTS) is 1. The van der Waals surface area contributed by atoms with Crippen molar-refractivity contribution in [1.82, 2.24) is 10.2 Å². The van der Waals surface area contributed by atoms with Gasteiger partial charge in [-0.25, -0.2) is 0 Å². The molecule has 0 radical (unpaired) electrons. The Morgan fingerprint density at radius 3 is 2.50 bits per heavy atom. The molecule has 0 spiro atoms. The Labute approximate surface area is 84.1 Å². The van der Waals surface area contributed by atoms with Gasteiger partial charge in [-0.05, 0) is 19.5 Å². The minimum absolute atomic E-state index is 0.00335. The Hall–Kier alpha value is -1.10. The number of carbonyl (C=O) groups is 2. The normalized spacial score (nSPS) is 10.2. The molecule has 0 rings (SSSR count). The van der Waals surface area contributed by atoms with Crippen LogP contribution in [0.2, 0.25) is 0 Å². The van der Waals surface area contributed by atoms with E-state index in [0.717, 1.165) is 0 Å². The Balaban J connectivity index is 3.62. The molecule has 0 fully saturated rings. The molecule has 0 aromatic rings. The van der Waals surface area contributed by atoms with Gasteiger partial charge in [0.1, 0.15) is 0 Å². The fourth-order valence-corrected chi connectivity index (χ4v) is 1.13. The molecule has 0 atom stereocenters. The number of nitrogens with one attached hydrogen (secondary N) is 1. The van der Waals surface area contributed by atoms with Gasteiger partial charge in [-0.2, -0.15) is 0 Å². The summed E-state index contributed by atoms with van der Waals surface area (Å²) in [6, 6.07) is 0. The van der Waals surface area contributed by atoms with Gasteiger partial charge in [-0.15, -0.1) is 0 Å². The van der Waals surface area contributed by atoms with E-state index in [0.29, 0.717) is 25.9 Å². The summed E-state index contributed by atoms with van der Waals surface area (Å²) in [6.07, 6.45) is 1.15. The van der Waals surface area contributed by atoms with Gasteiger partial charge in [0, 0.05) is 13.5 Å². The molecule has 1 amide bonds. The van der Waals surface area contributed by atoms with E-state index in [2.05, 4.69) is 5.32 Å². The van der Waals surface area contributed by atoms with E-state index >= 15 is 0 Å². The van der Waals surface area contributed by atoms with Gasteiger partial charge in [-0.1, -0.05) is 6.92 Å². The largest absolute Gasteiger partial charge is 0.480 e. The number of hydrogen-bond donors (Lipinski definition) is 2. The van der Waals surface area contributed by atoms with Crippen LogP contribution in [0.4, 0.5) is 0 Å². The van der Waals surface area contributed by atoms with Crippen molar-refractivity contribution in [3.05, 3.63) is 0 Å². The summed E-state index contributed by atoms with van der Waals surface area (Å²) >= 11 is 0. The van der Waals surface area contributed by atoms with E-state index < -0.39 is 5.97 Å². The lowest BCUT2D eigenvalue weighted by atomic mass is 10.2. The van der Waals surface area contributed by atoms with Gasteiger partial charge < -0.3 is 10.4 Å². The summed E-state index contributed by atoms with van der Waals surface area (Å²) in [5.41, 5.74) is 0. The van der Waals surface area contributed by atoms with Gasteiger partial charge >= 0.3 is 5.97 Å². The molecule has 0 aromatic carbocycles. The molecule has 0 aliphatic rings. The molecule has 0 unspecified atom stereocenters. The van der Waals surface area contributed by atoms with Crippen LogP contribution < -0.4 is 5.32 Å². The zero-order chi connectivity index (χ0) is 11.0. The molecule has 14 heavy (non-hydrogen) atoms. The van der Waals surface area contributed by atoms with Crippen LogP contribution in [-0.4, -0.2) is 48.6 Å². The van der Waals surface area contributed by atoms with Crippen LogP contribution in [0.25, 0.3) is 0 Å². The number of likely N-dealkylation sites (N-methyl/N-ethyl adjacent to an activating group) is 1. The Morgan fingerprint density at radius 1 is 1.43 bits per heavy atom. The zero-order valence-corrected chi connectivity index (χ0v) is 8.75. The third kappa shape index (κ3) is 6.42. The monoisotopic (exact) mass is 202 g/mol. The first-order valence-corrected chi connectivity index (χ1v) is 4.74. The summed E-state index contributed by atoms with van der Waals surface area (Å²) in [5.74, 6) is -0.830. The van der Waals surface area contributed by atoms with Gasteiger partial charge in [0.25, 0.3) is 0 Å². The Bertz CT molecular complexity index is 194. The van der Waals surface area contributed by atoms with Gasteiger partial charge in [0.15, 0.2) is 0 Å². The van der Waals surface area contributed by atoms with E-state index in [4.69, 9.17) is 5.11 Å². The molecule has 0 bridgehead atoms. The van der Waals surface area contributed by atoms with Crippen molar-refractivity contribution in [3.8, 4) is 0 Å². The van der Waals surface area contributed by atoms with Crippen LogP contribution in [0, 0.1) is 0 Å². The highest BCUT2D eigenvalue weighted by Crippen LogP contribution is 1.95. The first kappa shape index (κ1) is 12.9. The third-order valence-corrected chi connectivity index (χ3v) is 1.96. The van der Waals surface area contributed by atoms with Crippen molar-refractivity contribution in [3.63, 3.8) is 0 Å². The van der Waals surface area contributed by atoms with Gasteiger partial charge in [-0.3, -0.25) is 14.5 Å². The maximum absolute atomic E-state index is 10.9. The number of hydrogen-bond acceptors (Lipinski definition) is 3. The highest BCUT2D eigenvalue weighted by molar-refractivity contribution is 5.75. The first-order valence-electron chi connectivity index (χ1n) is 4.74. The second kappa shape index (κ2) is 7.32. The quantitative estimate of drug-likeness (QED) is 0.606. The van der Waals surface area contributed by atoms with Gasteiger partial charge in [0.2, 0.25) is 5.91 Å². The van der Waals surface area contributed by atoms with Crippen molar-refractivity contribution in [2.24, 2.45) is 0 Å². The van der Waals surface area contributed by atoms with Crippen LogP contribution in [0.15, 0.2) is 0 Å². The number of carbonyl (C=O) groups excluding carboxylic acids is 1. The minimum atomic E-state index is -0.827. The van der Waals surface area contributed by atoms with Crippen LogP contribution >= 0.6 is 0 Å². The number of amides is 1. The number of rotatable bonds is 7. The van der Waals surface area contributed by atoms with E-state index in [1.165, 1.54) is 0 Å². The molecule has 2 N–H and O–H groups in total. The van der Waals surface area contributed by atoms with Crippen molar-refractivity contribution in [1.29, 1.82) is 0 Å². The van der Waals surface area contributed by atoms with E-state index in [9.17, 15) is 9.59 Å². The van der Waals surface area contributed by atoms with Crippen LogP contribution in [0.1, 0.15) is 19.8 Å². The number of nitrogens with zero attached hydrogens (tertiary/aromatic N) is 1. The lowest BCUT2D eigenvalue weighted by Gasteiger charge is -2.17. The summed E-state index contributed by atoms with van der Waals surface area (Å²) in [6.45, 7) is 3.29. The predicted octanol–water partition coefficient (Wildman–Crippen LogP) is -0.0809. The Morgan fingerprint density at radius 2 is 2.07 bits per heavy atom. The Kier molecular flexibility index (Phi) is 6.74. The molecule has 5 heteroatoms. The third-order valence-electron chi connectivity index (χ3n) is 1.96. The van der Waals surface area contributed by atoms with E-state index in [1.807, 2.05) is 6.92 Å². The van der Waals surface area contributed by atoms with Crippen LogP contribution in [0.5, 0.6) is 0 Å². The lowest BCUT2D eigenvalue weighted by molar-refractivity contribution is -0.138. The molecule has 82 valence electrons. The number of carboxylic acids is 1. The number of aliphatic carboxylic acids is 1. The molecular formula is C9H18N2O3. The van der Waals surface area contributed by atoms with E-state index in [-0.39, 0.29) is 12.5 Å². The summed E-state index contributed by atoms with van der Waals surface area (Å²) in [5, 5.41) is 11.1. The average molecular weight is 202 g/mol. The van der Waals surface area contributed by atoms with Crippen molar-refractivity contribution < 1.29 is 14.7 Å². The van der Waals surface area contributed by atoms with Crippen LogP contribution in [0.3, 0.4) is 0 Å². The van der Waals surface area contributed by atoms with Crippen molar-refractivity contribution in [2.45, 2.75) is 19.8 Å². The fraction of sp³-hybridized carbons (Fsp3) is 0.778. The molecule has 5 nitrogen and oxygen atoms in total. The molecule has 0 aliphatic carbocycles. The van der Waals surface area contributed by atoms with E-state index in [1.54, 1.807) is 11.9 Å². The molecule has 0 saturated carbocycles. The summed E-state index contributed by atoms with van der Waals surface area (Å²) < 4.78 is 0. The second-order valence-corrected chi connectivity index (χ2v) is 3.04. The summed E-state index contributed by atoms with van der Waals surface area (Å²) in [7, 11) is 1.59.